The van der Waals surface area contributed by atoms with Crippen molar-refractivity contribution in [2.45, 2.75) is 38.1 Å². The van der Waals surface area contributed by atoms with E-state index in [1.165, 1.54) is 24.0 Å². The molecule has 2 aromatic rings. The number of nitrogens with two attached hydrogens (primary N) is 1. The molecule has 1 aliphatic rings. The minimum atomic E-state index is -0.381. The molecule has 1 unspecified atom stereocenters. The number of hydrogen-bond donors (Lipinski definition) is 1. The molecule has 1 heterocycles. The standard InChI is InChI=1S/C17H20N2/c1-13-9-10-15(12-19-13)17(18)11-5-4-7-14-6-2-3-8-16(14)17/h2-3,6,8-10,12H,4-5,7,11,18H2,1H3. The maximum absolute atomic E-state index is 6.80. The lowest BCUT2D eigenvalue weighted by Crippen LogP contribution is -2.38. The number of benzene rings is 1. The predicted octanol–water partition coefficient (Wildman–Crippen LogP) is 3.32. The number of nitrogens with zero attached hydrogens (tertiary/aromatic N) is 1. The van der Waals surface area contributed by atoms with Gasteiger partial charge in [-0.25, -0.2) is 0 Å². The Balaban J connectivity index is 2.14. The maximum atomic E-state index is 6.80. The minimum absolute atomic E-state index is 0.381. The third-order valence-corrected chi connectivity index (χ3v) is 4.19. The summed E-state index contributed by atoms with van der Waals surface area (Å²) in [5.41, 5.74) is 11.3. The second kappa shape index (κ2) is 4.78. The highest BCUT2D eigenvalue weighted by molar-refractivity contribution is 5.42. The highest BCUT2D eigenvalue weighted by Crippen LogP contribution is 2.37. The van der Waals surface area contributed by atoms with Gasteiger partial charge in [-0.1, -0.05) is 36.8 Å². The van der Waals surface area contributed by atoms with Crippen LogP contribution in [0.3, 0.4) is 0 Å². The van der Waals surface area contributed by atoms with E-state index in [2.05, 4.69) is 41.4 Å². The summed E-state index contributed by atoms with van der Waals surface area (Å²) < 4.78 is 0. The van der Waals surface area contributed by atoms with Crippen LogP contribution < -0.4 is 5.73 Å². The third-order valence-electron chi connectivity index (χ3n) is 4.19. The molecule has 0 radical (unpaired) electrons. The molecule has 1 aromatic carbocycles. The zero-order valence-corrected chi connectivity index (χ0v) is 11.4. The van der Waals surface area contributed by atoms with E-state index in [-0.39, 0.29) is 5.54 Å². The fraction of sp³-hybridized carbons (Fsp3) is 0.353. The topological polar surface area (TPSA) is 38.9 Å². The van der Waals surface area contributed by atoms with Crippen LogP contribution in [-0.4, -0.2) is 4.98 Å². The Kier molecular flexibility index (Phi) is 3.11. The second-order valence-electron chi connectivity index (χ2n) is 5.52. The van der Waals surface area contributed by atoms with Crippen molar-refractivity contribution < 1.29 is 0 Å². The van der Waals surface area contributed by atoms with Gasteiger partial charge in [-0.2, -0.15) is 0 Å². The summed E-state index contributed by atoms with van der Waals surface area (Å²) in [6, 6.07) is 12.8. The molecule has 2 N–H and O–H groups in total. The lowest BCUT2D eigenvalue weighted by Gasteiger charge is -2.30. The fourth-order valence-corrected chi connectivity index (χ4v) is 3.06. The van der Waals surface area contributed by atoms with Gasteiger partial charge >= 0.3 is 0 Å². The van der Waals surface area contributed by atoms with E-state index >= 15 is 0 Å². The van der Waals surface area contributed by atoms with Gasteiger partial charge in [0.15, 0.2) is 0 Å². The molecule has 0 saturated heterocycles. The Bertz CT molecular complexity index is 574. The molecule has 19 heavy (non-hydrogen) atoms. The molecule has 1 aliphatic carbocycles. The Labute approximate surface area is 114 Å². The van der Waals surface area contributed by atoms with Crippen molar-refractivity contribution in [3.8, 4) is 0 Å². The average Bonchev–Trinajstić information content (AvgIpc) is 2.61. The van der Waals surface area contributed by atoms with Crippen molar-refractivity contribution in [1.82, 2.24) is 4.98 Å². The minimum Gasteiger partial charge on any atom is -0.318 e. The smallest absolute Gasteiger partial charge is 0.0683 e. The Morgan fingerprint density at radius 3 is 2.74 bits per heavy atom. The van der Waals surface area contributed by atoms with Crippen LogP contribution >= 0.6 is 0 Å². The van der Waals surface area contributed by atoms with Crippen LogP contribution in [0.4, 0.5) is 0 Å². The van der Waals surface area contributed by atoms with E-state index in [1.54, 1.807) is 0 Å². The van der Waals surface area contributed by atoms with Gasteiger partial charge in [0.25, 0.3) is 0 Å². The number of pyridine rings is 1. The van der Waals surface area contributed by atoms with E-state index < -0.39 is 0 Å². The lowest BCUT2D eigenvalue weighted by molar-refractivity contribution is 0.478. The fourth-order valence-electron chi connectivity index (χ4n) is 3.06. The highest BCUT2D eigenvalue weighted by Gasteiger charge is 2.32. The van der Waals surface area contributed by atoms with Crippen molar-refractivity contribution in [2.75, 3.05) is 0 Å². The molecular formula is C17H20N2. The van der Waals surface area contributed by atoms with Crippen LogP contribution in [0.25, 0.3) is 0 Å². The number of rotatable bonds is 1. The van der Waals surface area contributed by atoms with Gasteiger partial charge in [-0.15, -0.1) is 0 Å². The van der Waals surface area contributed by atoms with Gasteiger partial charge < -0.3 is 5.73 Å². The van der Waals surface area contributed by atoms with E-state index in [0.29, 0.717) is 0 Å². The summed E-state index contributed by atoms with van der Waals surface area (Å²) >= 11 is 0. The average molecular weight is 252 g/mol. The Morgan fingerprint density at radius 2 is 1.95 bits per heavy atom. The van der Waals surface area contributed by atoms with E-state index in [9.17, 15) is 0 Å². The van der Waals surface area contributed by atoms with Crippen LogP contribution in [0.5, 0.6) is 0 Å². The normalized spacial score (nSPS) is 22.6. The van der Waals surface area contributed by atoms with Crippen LogP contribution in [0.1, 0.15) is 41.6 Å². The molecule has 3 rings (SSSR count). The Hall–Kier alpha value is -1.67. The molecule has 0 spiro atoms. The predicted molar refractivity (Wildman–Crippen MR) is 77.9 cm³/mol. The largest absolute Gasteiger partial charge is 0.318 e. The van der Waals surface area contributed by atoms with Gasteiger partial charge in [0.2, 0.25) is 0 Å². The van der Waals surface area contributed by atoms with Crippen molar-refractivity contribution in [1.29, 1.82) is 0 Å². The zero-order chi connectivity index (χ0) is 13.3. The maximum Gasteiger partial charge on any atom is 0.0683 e. The molecule has 2 nitrogen and oxygen atoms in total. The third kappa shape index (κ3) is 2.17. The summed E-state index contributed by atoms with van der Waals surface area (Å²) in [6.07, 6.45) is 6.45. The van der Waals surface area contributed by atoms with E-state index in [4.69, 9.17) is 5.73 Å². The number of aryl methyl sites for hydroxylation is 2. The quantitative estimate of drug-likeness (QED) is 0.791. The molecule has 98 valence electrons. The lowest BCUT2D eigenvalue weighted by atomic mass is 9.80. The van der Waals surface area contributed by atoms with Crippen LogP contribution in [-0.2, 0) is 12.0 Å². The summed E-state index contributed by atoms with van der Waals surface area (Å²) in [6.45, 7) is 2.01. The first-order chi connectivity index (χ1) is 9.20. The van der Waals surface area contributed by atoms with E-state index in [1.807, 2.05) is 13.1 Å². The van der Waals surface area contributed by atoms with Crippen molar-refractivity contribution >= 4 is 0 Å². The summed E-state index contributed by atoms with van der Waals surface area (Å²) in [7, 11) is 0. The van der Waals surface area contributed by atoms with Crippen LogP contribution in [0.15, 0.2) is 42.6 Å². The summed E-state index contributed by atoms with van der Waals surface area (Å²) in [4.78, 5) is 4.42. The molecular weight excluding hydrogens is 232 g/mol. The molecule has 1 atom stereocenters. The first kappa shape index (κ1) is 12.4. The molecule has 2 heteroatoms. The number of fused-ring (bicyclic) bond motifs is 1. The van der Waals surface area contributed by atoms with Crippen LogP contribution in [0.2, 0.25) is 0 Å². The monoisotopic (exact) mass is 252 g/mol. The first-order valence-electron chi connectivity index (χ1n) is 7.00. The number of hydrogen-bond acceptors (Lipinski definition) is 2. The molecule has 1 aromatic heterocycles. The van der Waals surface area contributed by atoms with Crippen molar-refractivity contribution in [3.63, 3.8) is 0 Å². The SMILES string of the molecule is Cc1ccc(C2(N)CCCCc3ccccc32)cn1. The molecule has 0 amide bonds. The number of aromatic nitrogens is 1. The van der Waals surface area contributed by atoms with Gasteiger partial charge in [0, 0.05) is 11.9 Å². The summed E-state index contributed by atoms with van der Waals surface area (Å²) in [5, 5.41) is 0. The first-order valence-corrected chi connectivity index (χ1v) is 7.00. The van der Waals surface area contributed by atoms with Gasteiger partial charge in [0.1, 0.15) is 0 Å². The van der Waals surface area contributed by atoms with Crippen molar-refractivity contribution in [3.05, 3.63) is 65.0 Å². The molecule has 0 fully saturated rings. The highest BCUT2D eigenvalue weighted by atomic mass is 14.8. The molecule has 0 saturated carbocycles. The zero-order valence-electron chi connectivity index (χ0n) is 11.4. The second-order valence-corrected chi connectivity index (χ2v) is 5.52. The van der Waals surface area contributed by atoms with Crippen molar-refractivity contribution in [2.24, 2.45) is 5.73 Å². The molecule has 0 aliphatic heterocycles. The van der Waals surface area contributed by atoms with E-state index in [0.717, 1.165) is 24.1 Å². The van der Waals surface area contributed by atoms with Gasteiger partial charge in [-0.05, 0) is 48.9 Å². The molecule has 0 bridgehead atoms. The summed E-state index contributed by atoms with van der Waals surface area (Å²) in [5.74, 6) is 0. The van der Waals surface area contributed by atoms with Crippen LogP contribution in [0, 0.1) is 6.92 Å². The Morgan fingerprint density at radius 1 is 1.11 bits per heavy atom. The van der Waals surface area contributed by atoms with Gasteiger partial charge in [-0.3, -0.25) is 4.98 Å². The van der Waals surface area contributed by atoms with Gasteiger partial charge in [0.05, 0.1) is 5.54 Å².